The molecule has 0 saturated carbocycles. The SMILES string of the molecule is CPC1CCCN(C)CC1. The van der Waals surface area contributed by atoms with Gasteiger partial charge in [0, 0.05) is 0 Å². The molecule has 0 aliphatic carbocycles. The molecule has 1 heterocycles. The van der Waals surface area contributed by atoms with Crippen molar-refractivity contribution in [3.63, 3.8) is 0 Å². The van der Waals surface area contributed by atoms with Gasteiger partial charge >= 0.3 is 0 Å². The van der Waals surface area contributed by atoms with E-state index >= 15 is 0 Å². The van der Waals surface area contributed by atoms with Crippen LogP contribution in [0.4, 0.5) is 0 Å². The van der Waals surface area contributed by atoms with Crippen molar-refractivity contribution in [1.82, 2.24) is 4.90 Å². The zero-order chi connectivity index (χ0) is 7.40. The maximum absolute atomic E-state index is 2.46. The van der Waals surface area contributed by atoms with Gasteiger partial charge in [0.2, 0.25) is 0 Å². The van der Waals surface area contributed by atoms with Crippen LogP contribution in [0, 0.1) is 0 Å². The summed E-state index contributed by atoms with van der Waals surface area (Å²) in [5.74, 6) is 0. The number of likely N-dealkylation sites (tertiary alicyclic amines) is 1. The molecule has 1 rings (SSSR count). The minimum Gasteiger partial charge on any atom is -0.306 e. The van der Waals surface area contributed by atoms with Crippen molar-refractivity contribution in [3.05, 3.63) is 0 Å². The number of nitrogens with zero attached hydrogens (tertiary/aromatic N) is 1. The van der Waals surface area contributed by atoms with E-state index in [0.717, 1.165) is 5.66 Å². The fraction of sp³-hybridized carbons (Fsp3) is 1.00. The second-order valence-corrected chi connectivity index (χ2v) is 4.61. The first-order chi connectivity index (χ1) is 4.83. The van der Waals surface area contributed by atoms with Crippen LogP contribution in [0.5, 0.6) is 0 Å². The van der Waals surface area contributed by atoms with Gasteiger partial charge in [0.05, 0.1) is 0 Å². The van der Waals surface area contributed by atoms with Crippen LogP contribution in [0.15, 0.2) is 0 Å². The van der Waals surface area contributed by atoms with Crippen molar-refractivity contribution < 1.29 is 0 Å². The Kier molecular flexibility index (Phi) is 3.65. The van der Waals surface area contributed by atoms with E-state index in [4.69, 9.17) is 0 Å². The van der Waals surface area contributed by atoms with Crippen LogP contribution in [-0.2, 0) is 0 Å². The molecule has 1 nitrogen and oxygen atoms in total. The third kappa shape index (κ3) is 2.56. The Labute approximate surface area is 66.0 Å². The normalized spacial score (nSPS) is 31.2. The molecule has 1 aliphatic heterocycles. The van der Waals surface area contributed by atoms with Gasteiger partial charge in [-0.15, -0.1) is 8.58 Å². The Hall–Kier alpha value is 0.390. The third-order valence-corrected chi connectivity index (χ3v) is 3.75. The maximum atomic E-state index is 2.46. The van der Waals surface area contributed by atoms with Gasteiger partial charge in [-0.1, -0.05) is 0 Å². The Balaban J connectivity index is 2.26. The van der Waals surface area contributed by atoms with Crippen molar-refractivity contribution in [3.8, 4) is 0 Å². The van der Waals surface area contributed by atoms with Gasteiger partial charge in [0.25, 0.3) is 0 Å². The zero-order valence-corrected chi connectivity index (χ0v) is 8.06. The van der Waals surface area contributed by atoms with Gasteiger partial charge in [0.1, 0.15) is 0 Å². The molecule has 0 amide bonds. The smallest absolute Gasteiger partial charge is 0.00159 e. The minimum absolute atomic E-state index is 1.05. The molecule has 1 aliphatic rings. The molecule has 0 bridgehead atoms. The lowest BCUT2D eigenvalue weighted by molar-refractivity contribution is 0.349. The molecule has 0 spiro atoms. The molecule has 2 atom stereocenters. The molecule has 1 saturated heterocycles. The first kappa shape index (κ1) is 8.49. The summed E-state index contributed by atoms with van der Waals surface area (Å²) in [4.78, 5) is 2.46. The van der Waals surface area contributed by atoms with E-state index in [1.807, 2.05) is 0 Å². The average Bonchev–Trinajstić information content (AvgIpc) is 2.14. The van der Waals surface area contributed by atoms with E-state index in [2.05, 4.69) is 18.6 Å². The number of hydrogen-bond donors (Lipinski definition) is 0. The van der Waals surface area contributed by atoms with Crippen LogP contribution < -0.4 is 0 Å². The molecular weight excluding hydrogens is 141 g/mol. The van der Waals surface area contributed by atoms with E-state index in [0.29, 0.717) is 0 Å². The van der Waals surface area contributed by atoms with Gasteiger partial charge in [0.15, 0.2) is 0 Å². The van der Waals surface area contributed by atoms with E-state index in [1.165, 1.54) is 40.9 Å². The highest BCUT2D eigenvalue weighted by Crippen LogP contribution is 2.24. The standard InChI is InChI=1S/C8H18NP/c1-9-6-3-4-8(10-2)5-7-9/h8,10H,3-7H2,1-2H3. The van der Waals surface area contributed by atoms with Crippen molar-refractivity contribution in [2.45, 2.75) is 24.9 Å². The third-order valence-electron chi connectivity index (χ3n) is 2.36. The van der Waals surface area contributed by atoms with Crippen molar-refractivity contribution >= 4 is 8.58 Å². The van der Waals surface area contributed by atoms with Gasteiger partial charge in [-0.25, -0.2) is 0 Å². The van der Waals surface area contributed by atoms with Gasteiger partial charge in [-0.2, -0.15) is 0 Å². The molecule has 60 valence electrons. The molecule has 1 fully saturated rings. The summed E-state index contributed by atoms with van der Waals surface area (Å²) in [5.41, 5.74) is 1.05. The monoisotopic (exact) mass is 159 g/mol. The lowest BCUT2D eigenvalue weighted by atomic mass is 10.2. The first-order valence-electron chi connectivity index (χ1n) is 4.18. The second kappa shape index (κ2) is 4.31. The van der Waals surface area contributed by atoms with E-state index in [9.17, 15) is 0 Å². The summed E-state index contributed by atoms with van der Waals surface area (Å²) >= 11 is 0. The summed E-state index contributed by atoms with van der Waals surface area (Å²) in [5, 5.41) is 0. The quantitative estimate of drug-likeness (QED) is 0.527. The van der Waals surface area contributed by atoms with E-state index < -0.39 is 0 Å². The highest BCUT2D eigenvalue weighted by atomic mass is 31.1. The highest BCUT2D eigenvalue weighted by Gasteiger charge is 2.11. The zero-order valence-electron chi connectivity index (χ0n) is 7.06. The number of rotatable bonds is 1. The Bertz CT molecular complexity index is 95.3. The van der Waals surface area contributed by atoms with Crippen LogP contribution >= 0.6 is 8.58 Å². The molecule has 0 aromatic rings. The maximum Gasteiger partial charge on any atom is -0.00159 e. The molecule has 0 N–H and O–H groups in total. The average molecular weight is 159 g/mol. The molecular formula is C8H18NP. The highest BCUT2D eigenvalue weighted by molar-refractivity contribution is 7.37. The summed E-state index contributed by atoms with van der Waals surface area (Å²) in [6.45, 7) is 4.99. The summed E-state index contributed by atoms with van der Waals surface area (Å²) in [7, 11) is 3.40. The Morgan fingerprint density at radius 1 is 1.30 bits per heavy atom. The first-order valence-corrected chi connectivity index (χ1v) is 5.76. The van der Waals surface area contributed by atoms with E-state index in [-0.39, 0.29) is 0 Å². The lowest BCUT2D eigenvalue weighted by Crippen LogP contribution is -2.18. The molecule has 0 aromatic carbocycles. The predicted molar refractivity (Wildman–Crippen MR) is 49.4 cm³/mol. The topological polar surface area (TPSA) is 3.24 Å². The summed E-state index contributed by atoms with van der Waals surface area (Å²) < 4.78 is 0. The van der Waals surface area contributed by atoms with Crippen LogP contribution in [0.25, 0.3) is 0 Å². The van der Waals surface area contributed by atoms with Crippen LogP contribution in [-0.4, -0.2) is 37.4 Å². The van der Waals surface area contributed by atoms with Crippen LogP contribution in [0.3, 0.4) is 0 Å². The Morgan fingerprint density at radius 2 is 2.10 bits per heavy atom. The largest absolute Gasteiger partial charge is 0.306 e. The fourth-order valence-corrected chi connectivity index (χ4v) is 2.44. The number of hydrogen-bond acceptors (Lipinski definition) is 1. The van der Waals surface area contributed by atoms with Gasteiger partial charge < -0.3 is 4.90 Å². The minimum atomic E-state index is 1.05. The predicted octanol–water partition coefficient (Wildman–Crippen LogP) is 1.78. The molecule has 0 aromatic heterocycles. The van der Waals surface area contributed by atoms with Gasteiger partial charge in [-0.05, 0) is 51.7 Å². The second-order valence-electron chi connectivity index (χ2n) is 3.22. The fourth-order valence-electron chi connectivity index (χ4n) is 1.53. The molecule has 2 heteroatoms. The van der Waals surface area contributed by atoms with Crippen molar-refractivity contribution in [2.24, 2.45) is 0 Å². The summed E-state index contributed by atoms with van der Waals surface area (Å²) in [6.07, 6.45) is 4.33. The molecule has 10 heavy (non-hydrogen) atoms. The Morgan fingerprint density at radius 3 is 2.80 bits per heavy atom. The molecule has 2 unspecified atom stereocenters. The van der Waals surface area contributed by atoms with E-state index in [1.54, 1.807) is 0 Å². The summed E-state index contributed by atoms with van der Waals surface area (Å²) in [6, 6.07) is 0. The van der Waals surface area contributed by atoms with Crippen LogP contribution in [0.1, 0.15) is 19.3 Å². The van der Waals surface area contributed by atoms with Crippen molar-refractivity contribution in [1.29, 1.82) is 0 Å². The van der Waals surface area contributed by atoms with Gasteiger partial charge in [-0.3, -0.25) is 0 Å². The van der Waals surface area contributed by atoms with Crippen LogP contribution in [0.2, 0.25) is 0 Å². The van der Waals surface area contributed by atoms with Crippen molar-refractivity contribution in [2.75, 3.05) is 26.8 Å². The molecule has 0 radical (unpaired) electrons. The lowest BCUT2D eigenvalue weighted by Gasteiger charge is -2.12.